The second-order valence-electron chi connectivity index (χ2n) is 8.71. The molecule has 0 radical (unpaired) electrons. The summed E-state index contributed by atoms with van der Waals surface area (Å²) in [4.78, 5) is 19.6. The zero-order valence-corrected chi connectivity index (χ0v) is 20.1. The van der Waals surface area contributed by atoms with Gasteiger partial charge in [0.15, 0.2) is 0 Å². The molecule has 3 rings (SSSR count). The lowest BCUT2D eigenvalue weighted by molar-refractivity contribution is -0.170. The van der Waals surface area contributed by atoms with Gasteiger partial charge in [-0.3, -0.25) is 4.79 Å². The van der Waals surface area contributed by atoms with E-state index in [0.717, 1.165) is 24.5 Å². The summed E-state index contributed by atoms with van der Waals surface area (Å²) in [6.45, 7) is 12.8. The lowest BCUT2D eigenvalue weighted by atomic mass is 9.54. The molecule has 1 aliphatic carbocycles. The van der Waals surface area contributed by atoms with Crippen LogP contribution in [-0.4, -0.2) is 54.4 Å². The largest absolute Gasteiger partial charge is 0.378 e. The molecule has 2 heterocycles. The number of rotatable bonds is 6. The molecule has 2 fully saturated rings. The van der Waals surface area contributed by atoms with Gasteiger partial charge >= 0.3 is 0 Å². The van der Waals surface area contributed by atoms with Crippen LogP contribution in [0.5, 0.6) is 0 Å². The van der Waals surface area contributed by atoms with Gasteiger partial charge in [0.1, 0.15) is 11.4 Å². The molecule has 2 aliphatic rings. The molecule has 0 aromatic carbocycles. The number of halogens is 2. The molecule has 0 spiro atoms. The van der Waals surface area contributed by atoms with Crippen LogP contribution >= 0.6 is 24.8 Å². The molecule has 4 atom stereocenters. The third-order valence-electron chi connectivity index (χ3n) is 6.24. The fraction of sp³-hybridized carbons (Fsp3) is 0.714. The van der Waals surface area contributed by atoms with Crippen LogP contribution in [0, 0.1) is 5.41 Å². The smallest absolute Gasteiger partial charge is 0.241 e. The predicted molar refractivity (Wildman–Crippen MR) is 124 cm³/mol. The number of ether oxygens (including phenoxy) is 2. The minimum Gasteiger partial charge on any atom is -0.378 e. The molecule has 0 bridgehead atoms. The van der Waals surface area contributed by atoms with Crippen molar-refractivity contribution < 1.29 is 14.3 Å². The maximum atomic E-state index is 12.7. The lowest BCUT2D eigenvalue weighted by Crippen LogP contribution is -2.75. The summed E-state index contributed by atoms with van der Waals surface area (Å²) in [7, 11) is 0. The van der Waals surface area contributed by atoms with Crippen molar-refractivity contribution >= 4 is 36.5 Å². The first-order valence-electron chi connectivity index (χ1n) is 10.2. The van der Waals surface area contributed by atoms with Crippen molar-refractivity contribution in [1.29, 1.82) is 0 Å². The van der Waals surface area contributed by atoms with E-state index in [1.165, 1.54) is 0 Å². The lowest BCUT2D eigenvalue weighted by Gasteiger charge is -2.57. The van der Waals surface area contributed by atoms with Crippen LogP contribution in [0.15, 0.2) is 18.3 Å². The highest BCUT2D eigenvalue weighted by atomic mass is 35.5. The Bertz CT molecular complexity index is 694. The number of carbonyl (C=O) groups excluding carboxylic acids is 1. The molecule has 1 saturated carbocycles. The summed E-state index contributed by atoms with van der Waals surface area (Å²) in [5.74, 6) is 0.806. The Balaban J connectivity index is 0.00000225. The van der Waals surface area contributed by atoms with Crippen LogP contribution in [0.1, 0.15) is 46.6 Å². The number of amides is 1. The van der Waals surface area contributed by atoms with Gasteiger partial charge in [-0.15, -0.1) is 24.8 Å². The third kappa shape index (κ3) is 5.19. The van der Waals surface area contributed by atoms with Crippen molar-refractivity contribution in [3.05, 3.63) is 23.9 Å². The van der Waals surface area contributed by atoms with Crippen LogP contribution in [0.3, 0.4) is 0 Å². The number of nitrogens with two attached hydrogens (primary N) is 1. The average molecular weight is 463 g/mol. The fourth-order valence-corrected chi connectivity index (χ4v) is 4.23. The van der Waals surface area contributed by atoms with Crippen LogP contribution in [0.4, 0.5) is 5.82 Å². The highest BCUT2D eigenvalue weighted by molar-refractivity contribution is 5.88. The Kier molecular flexibility index (Phi) is 9.39. The SMILES string of the molecule is CCOC1CC(N)(C(=O)NCc2ccc(N3CC(C)OC(C)C3)nc2)C1(C)C.Cl.Cl. The Labute approximate surface area is 192 Å². The predicted octanol–water partition coefficient (Wildman–Crippen LogP) is 2.69. The van der Waals surface area contributed by atoms with Gasteiger partial charge in [0, 0.05) is 44.3 Å². The minimum absolute atomic E-state index is 0. The van der Waals surface area contributed by atoms with Gasteiger partial charge in [-0.2, -0.15) is 0 Å². The molecule has 30 heavy (non-hydrogen) atoms. The zero-order chi connectivity index (χ0) is 20.5. The monoisotopic (exact) mass is 462 g/mol. The van der Waals surface area contributed by atoms with Gasteiger partial charge < -0.3 is 25.4 Å². The van der Waals surface area contributed by atoms with Crippen molar-refractivity contribution in [2.24, 2.45) is 11.1 Å². The molecule has 1 aromatic rings. The molecule has 1 aromatic heterocycles. The first-order chi connectivity index (χ1) is 13.2. The van der Waals surface area contributed by atoms with Gasteiger partial charge in [-0.1, -0.05) is 19.9 Å². The Hall–Kier alpha value is -1.12. The van der Waals surface area contributed by atoms with Crippen LogP contribution < -0.4 is 16.0 Å². The van der Waals surface area contributed by atoms with E-state index in [-0.39, 0.29) is 54.4 Å². The second-order valence-corrected chi connectivity index (χ2v) is 8.71. The van der Waals surface area contributed by atoms with E-state index < -0.39 is 5.54 Å². The summed E-state index contributed by atoms with van der Waals surface area (Å²) < 4.78 is 11.5. The van der Waals surface area contributed by atoms with E-state index in [2.05, 4.69) is 29.0 Å². The van der Waals surface area contributed by atoms with E-state index in [4.69, 9.17) is 15.2 Å². The van der Waals surface area contributed by atoms with Crippen molar-refractivity contribution in [3.63, 3.8) is 0 Å². The maximum absolute atomic E-state index is 12.7. The normalized spacial score (nSPS) is 29.8. The molecule has 7 nitrogen and oxygen atoms in total. The first-order valence-corrected chi connectivity index (χ1v) is 10.2. The van der Waals surface area contributed by atoms with Gasteiger partial charge in [0.25, 0.3) is 0 Å². The number of aromatic nitrogens is 1. The summed E-state index contributed by atoms with van der Waals surface area (Å²) in [5, 5.41) is 2.98. The zero-order valence-electron chi connectivity index (χ0n) is 18.5. The van der Waals surface area contributed by atoms with Crippen molar-refractivity contribution in [2.75, 3.05) is 24.6 Å². The average Bonchev–Trinajstić information content (AvgIpc) is 2.65. The molecular formula is C21H36Cl2N4O3. The topological polar surface area (TPSA) is 89.7 Å². The molecule has 4 unspecified atom stereocenters. The van der Waals surface area contributed by atoms with Gasteiger partial charge in [0.05, 0.1) is 18.3 Å². The van der Waals surface area contributed by atoms with Crippen LogP contribution in [0.25, 0.3) is 0 Å². The Morgan fingerprint density at radius 2 is 1.93 bits per heavy atom. The van der Waals surface area contributed by atoms with Crippen LogP contribution in [0.2, 0.25) is 0 Å². The number of anilines is 1. The number of hydrogen-bond acceptors (Lipinski definition) is 6. The first kappa shape index (κ1) is 26.9. The number of nitrogens with zero attached hydrogens (tertiary/aromatic N) is 2. The Morgan fingerprint density at radius 3 is 2.43 bits per heavy atom. The number of nitrogens with one attached hydrogen (secondary N) is 1. The molecule has 9 heteroatoms. The van der Waals surface area contributed by atoms with E-state index in [1.54, 1.807) is 0 Å². The van der Waals surface area contributed by atoms with E-state index in [0.29, 0.717) is 19.6 Å². The number of carbonyl (C=O) groups is 1. The number of hydrogen-bond donors (Lipinski definition) is 2. The van der Waals surface area contributed by atoms with Crippen molar-refractivity contribution in [1.82, 2.24) is 10.3 Å². The fourth-order valence-electron chi connectivity index (χ4n) is 4.23. The summed E-state index contributed by atoms with van der Waals surface area (Å²) in [5.41, 5.74) is 6.09. The van der Waals surface area contributed by atoms with Gasteiger partial charge in [-0.05, 0) is 32.4 Å². The summed E-state index contributed by atoms with van der Waals surface area (Å²) in [6.07, 6.45) is 2.77. The second kappa shape index (κ2) is 10.5. The third-order valence-corrected chi connectivity index (χ3v) is 6.24. The number of pyridine rings is 1. The van der Waals surface area contributed by atoms with Crippen LogP contribution in [-0.2, 0) is 20.8 Å². The number of morpholine rings is 1. The maximum Gasteiger partial charge on any atom is 0.241 e. The molecule has 1 amide bonds. The van der Waals surface area contributed by atoms with Gasteiger partial charge in [-0.25, -0.2) is 4.98 Å². The van der Waals surface area contributed by atoms with Crippen molar-refractivity contribution in [3.8, 4) is 0 Å². The molecule has 1 aliphatic heterocycles. The van der Waals surface area contributed by atoms with E-state index in [9.17, 15) is 4.79 Å². The van der Waals surface area contributed by atoms with Crippen molar-refractivity contribution in [2.45, 2.75) is 71.4 Å². The molecule has 172 valence electrons. The quantitative estimate of drug-likeness (QED) is 0.675. The summed E-state index contributed by atoms with van der Waals surface area (Å²) in [6, 6.07) is 4.01. The summed E-state index contributed by atoms with van der Waals surface area (Å²) >= 11 is 0. The van der Waals surface area contributed by atoms with E-state index in [1.807, 2.05) is 39.1 Å². The highest BCUT2D eigenvalue weighted by Gasteiger charge is 2.62. The molecule has 1 saturated heterocycles. The minimum atomic E-state index is -0.902. The Morgan fingerprint density at radius 1 is 1.30 bits per heavy atom. The van der Waals surface area contributed by atoms with Gasteiger partial charge in [0.2, 0.25) is 5.91 Å². The van der Waals surface area contributed by atoms with E-state index >= 15 is 0 Å². The highest BCUT2D eigenvalue weighted by Crippen LogP contribution is 2.49. The standard InChI is InChI=1S/C21H34N4O3.2ClH/c1-6-27-17-9-21(22,20(17,4)5)19(26)24-11-16-7-8-18(23-10-16)25-12-14(2)28-15(3)13-25;;/h7-8,10,14-15,17H,6,9,11-13,22H2,1-5H3,(H,24,26);2*1H. The molecule has 3 N–H and O–H groups in total. The molecular weight excluding hydrogens is 427 g/mol.